The summed E-state index contributed by atoms with van der Waals surface area (Å²) in [6.45, 7) is 5.17. The lowest BCUT2D eigenvalue weighted by atomic mass is 10.2. The van der Waals surface area contributed by atoms with Crippen molar-refractivity contribution in [2.24, 2.45) is 0 Å². The van der Waals surface area contributed by atoms with E-state index in [0.29, 0.717) is 5.69 Å². The van der Waals surface area contributed by atoms with Gasteiger partial charge in [0.25, 0.3) is 0 Å². The van der Waals surface area contributed by atoms with E-state index in [1.165, 1.54) is 6.08 Å². The summed E-state index contributed by atoms with van der Waals surface area (Å²) in [5.74, 6) is -0.240. The Hall–Kier alpha value is -1.64. The van der Waals surface area contributed by atoms with Gasteiger partial charge in [0.1, 0.15) is 5.69 Å². The third-order valence-corrected chi connectivity index (χ3v) is 1.48. The summed E-state index contributed by atoms with van der Waals surface area (Å²) in [6.07, 6.45) is 1.21. The quantitative estimate of drug-likeness (QED) is 0.527. The van der Waals surface area contributed by atoms with Crippen molar-refractivity contribution in [2.75, 3.05) is 5.73 Å². The fraction of sp³-hybridized carbons (Fsp3) is 0.111. The summed E-state index contributed by atoms with van der Waals surface area (Å²) in [5.41, 5.74) is 6.98. The highest BCUT2D eigenvalue weighted by Gasteiger charge is 2.06. The minimum atomic E-state index is -0.240. The predicted octanol–water partition coefficient (Wildman–Crippen LogP) is 1.34. The number of hydrogen-bond acceptors (Lipinski definition) is 3. The van der Waals surface area contributed by atoms with E-state index >= 15 is 0 Å². The second-order valence-corrected chi connectivity index (χ2v) is 2.46. The normalized spacial score (nSPS) is 9.42. The first-order valence-corrected chi connectivity index (χ1v) is 3.55. The topological polar surface area (TPSA) is 56.0 Å². The van der Waals surface area contributed by atoms with E-state index in [0.717, 1.165) is 5.69 Å². The largest absolute Gasteiger partial charge is 0.397 e. The maximum absolute atomic E-state index is 11.1. The molecule has 12 heavy (non-hydrogen) atoms. The summed E-state index contributed by atoms with van der Waals surface area (Å²) in [5, 5.41) is 0. The first kappa shape index (κ1) is 8.46. The number of carbonyl (C=O) groups is 1. The van der Waals surface area contributed by atoms with Crippen molar-refractivity contribution < 1.29 is 4.79 Å². The highest BCUT2D eigenvalue weighted by Crippen LogP contribution is 2.10. The first-order chi connectivity index (χ1) is 5.65. The molecule has 3 nitrogen and oxygen atoms in total. The molecule has 0 spiro atoms. The van der Waals surface area contributed by atoms with Crippen LogP contribution < -0.4 is 5.73 Å². The molecule has 0 aliphatic rings. The number of hydrogen-bond donors (Lipinski definition) is 1. The van der Waals surface area contributed by atoms with Gasteiger partial charge < -0.3 is 5.73 Å². The average Bonchev–Trinajstić information content (AvgIpc) is 2.08. The Kier molecular flexibility index (Phi) is 2.24. The minimum Gasteiger partial charge on any atom is -0.397 e. The van der Waals surface area contributed by atoms with Gasteiger partial charge in [-0.1, -0.05) is 6.58 Å². The number of nitrogens with zero attached hydrogens (tertiary/aromatic N) is 1. The van der Waals surface area contributed by atoms with Crippen LogP contribution in [0.2, 0.25) is 0 Å². The predicted molar refractivity (Wildman–Crippen MR) is 47.9 cm³/mol. The van der Waals surface area contributed by atoms with Crippen LogP contribution in [0.4, 0.5) is 5.69 Å². The molecule has 0 aliphatic heterocycles. The number of pyridine rings is 1. The molecule has 0 unspecified atom stereocenters. The van der Waals surface area contributed by atoms with Crippen LogP contribution in [0, 0.1) is 6.92 Å². The van der Waals surface area contributed by atoms with Crippen molar-refractivity contribution in [1.82, 2.24) is 4.98 Å². The van der Waals surface area contributed by atoms with Crippen LogP contribution in [0.15, 0.2) is 24.8 Å². The van der Waals surface area contributed by atoms with Gasteiger partial charge in [-0.3, -0.25) is 4.79 Å². The number of rotatable bonds is 2. The number of ketones is 1. The smallest absolute Gasteiger partial charge is 0.205 e. The molecule has 0 bridgehead atoms. The number of carbonyl (C=O) groups excluding carboxylic acids is 1. The van der Waals surface area contributed by atoms with E-state index in [4.69, 9.17) is 5.73 Å². The highest BCUT2D eigenvalue weighted by molar-refractivity contribution is 6.06. The van der Waals surface area contributed by atoms with Crippen molar-refractivity contribution in [2.45, 2.75) is 6.92 Å². The number of allylic oxidation sites excluding steroid dienone is 1. The van der Waals surface area contributed by atoms with E-state index in [-0.39, 0.29) is 11.5 Å². The molecule has 62 valence electrons. The van der Waals surface area contributed by atoms with E-state index < -0.39 is 0 Å². The van der Waals surface area contributed by atoms with Gasteiger partial charge in [-0.15, -0.1) is 0 Å². The zero-order valence-corrected chi connectivity index (χ0v) is 6.87. The van der Waals surface area contributed by atoms with Crippen LogP contribution in [0.25, 0.3) is 0 Å². The lowest BCUT2D eigenvalue weighted by molar-refractivity contribution is 0.104. The number of aromatic nitrogens is 1. The van der Waals surface area contributed by atoms with Crippen LogP contribution in [0.5, 0.6) is 0 Å². The molecule has 2 N–H and O–H groups in total. The molecule has 0 fully saturated rings. The zero-order chi connectivity index (χ0) is 9.14. The lowest BCUT2D eigenvalue weighted by Crippen LogP contribution is -2.04. The Balaban J connectivity index is 3.22. The Morgan fingerprint density at radius 3 is 2.92 bits per heavy atom. The third kappa shape index (κ3) is 1.50. The maximum Gasteiger partial charge on any atom is 0.205 e. The van der Waals surface area contributed by atoms with Crippen LogP contribution in [-0.4, -0.2) is 10.8 Å². The monoisotopic (exact) mass is 162 g/mol. The van der Waals surface area contributed by atoms with Gasteiger partial charge in [-0.05, 0) is 25.1 Å². The maximum atomic E-state index is 11.1. The van der Waals surface area contributed by atoms with Crippen molar-refractivity contribution in [1.29, 1.82) is 0 Å². The SMILES string of the molecule is C=CC(=O)c1nc(C)ccc1N. The second-order valence-electron chi connectivity index (χ2n) is 2.46. The van der Waals surface area contributed by atoms with Gasteiger partial charge in [0.15, 0.2) is 0 Å². The van der Waals surface area contributed by atoms with Crippen molar-refractivity contribution in [3.63, 3.8) is 0 Å². The Morgan fingerprint density at radius 1 is 1.67 bits per heavy atom. The summed E-state index contributed by atoms with van der Waals surface area (Å²) < 4.78 is 0. The van der Waals surface area contributed by atoms with Crippen LogP contribution in [-0.2, 0) is 0 Å². The molecule has 1 aromatic heterocycles. The summed E-state index contributed by atoms with van der Waals surface area (Å²) >= 11 is 0. The fourth-order valence-corrected chi connectivity index (χ4v) is 0.862. The van der Waals surface area contributed by atoms with E-state index in [2.05, 4.69) is 11.6 Å². The minimum absolute atomic E-state index is 0.240. The van der Waals surface area contributed by atoms with Gasteiger partial charge >= 0.3 is 0 Å². The molecular weight excluding hydrogens is 152 g/mol. The number of aryl methyl sites for hydroxylation is 1. The Labute approximate surface area is 70.9 Å². The van der Waals surface area contributed by atoms with Gasteiger partial charge in [-0.25, -0.2) is 4.98 Å². The third-order valence-electron chi connectivity index (χ3n) is 1.48. The van der Waals surface area contributed by atoms with Gasteiger partial charge in [0, 0.05) is 5.69 Å². The molecule has 0 radical (unpaired) electrons. The van der Waals surface area contributed by atoms with Crippen LogP contribution in [0.1, 0.15) is 16.2 Å². The summed E-state index contributed by atoms with van der Waals surface area (Å²) in [4.78, 5) is 15.1. The first-order valence-electron chi connectivity index (χ1n) is 3.55. The van der Waals surface area contributed by atoms with Gasteiger partial charge in [0.05, 0.1) is 5.69 Å². The molecule has 0 atom stereocenters. The van der Waals surface area contributed by atoms with E-state index in [1.807, 2.05) is 0 Å². The fourth-order valence-electron chi connectivity index (χ4n) is 0.862. The van der Waals surface area contributed by atoms with E-state index in [9.17, 15) is 4.79 Å². The molecule has 1 rings (SSSR count). The molecule has 1 aromatic rings. The van der Waals surface area contributed by atoms with Crippen LogP contribution >= 0.6 is 0 Å². The van der Waals surface area contributed by atoms with Crippen molar-refractivity contribution in [3.05, 3.63) is 36.2 Å². The van der Waals surface area contributed by atoms with Gasteiger partial charge in [-0.2, -0.15) is 0 Å². The number of nitrogens with two attached hydrogens (primary N) is 1. The molecule has 0 aromatic carbocycles. The number of nitrogen functional groups attached to an aromatic ring is 1. The van der Waals surface area contributed by atoms with Crippen molar-refractivity contribution >= 4 is 11.5 Å². The molecule has 0 aliphatic carbocycles. The Morgan fingerprint density at radius 2 is 2.33 bits per heavy atom. The summed E-state index contributed by atoms with van der Waals surface area (Å²) in [7, 11) is 0. The van der Waals surface area contributed by atoms with Crippen molar-refractivity contribution in [3.8, 4) is 0 Å². The lowest BCUT2D eigenvalue weighted by Gasteiger charge is -2.00. The zero-order valence-electron chi connectivity index (χ0n) is 6.87. The molecular formula is C9H10N2O. The Bertz CT molecular complexity index is 331. The second kappa shape index (κ2) is 3.17. The van der Waals surface area contributed by atoms with Gasteiger partial charge in [0.2, 0.25) is 5.78 Å². The van der Waals surface area contributed by atoms with E-state index in [1.54, 1.807) is 19.1 Å². The standard InChI is InChI=1S/C9H10N2O/c1-3-8(12)9-7(10)5-4-6(2)11-9/h3-5H,1,10H2,2H3. The molecule has 3 heteroatoms. The van der Waals surface area contributed by atoms with Crippen LogP contribution in [0.3, 0.4) is 0 Å². The molecule has 0 saturated heterocycles. The highest BCUT2D eigenvalue weighted by atomic mass is 16.1. The molecule has 0 amide bonds. The number of anilines is 1. The molecule has 0 saturated carbocycles. The summed E-state index contributed by atoms with van der Waals surface area (Å²) in [6, 6.07) is 3.42. The molecule has 1 heterocycles. The average molecular weight is 162 g/mol.